The lowest BCUT2D eigenvalue weighted by Crippen LogP contribution is -2.31. The molecule has 4 nitrogen and oxygen atoms in total. The number of ether oxygens (including phenoxy) is 1. The average Bonchev–Trinajstić information content (AvgIpc) is 3.32. The molecule has 1 saturated carbocycles. The topological polar surface area (TPSA) is 37.4 Å². The van der Waals surface area contributed by atoms with Gasteiger partial charge in [-0.05, 0) is 30.9 Å². The van der Waals surface area contributed by atoms with Crippen LogP contribution in [-0.2, 0) is 11.3 Å². The number of rotatable bonds is 6. The van der Waals surface area contributed by atoms with Crippen molar-refractivity contribution in [1.29, 1.82) is 0 Å². The zero-order valence-corrected chi connectivity index (χ0v) is 12.4. The van der Waals surface area contributed by atoms with Crippen LogP contribution in [0, 0.1) is 5.82 Å². The average molecular weight is 291 g/mol. The van der Waals surface area contributed by atoms with E-state index in [2.05, 4.69) is 16.4 Å². The minimum absolute atomic E-state index is 0.186. The lowest BCUT2D eigenvalue weighted by molar-refractivity contribution is 0.222. The van der Waals surface area contributed by atoms with E-state index in [1.165, 1.54) is 18.4 Å². The lowest BCUT2D eigenvalue weighted by Gasteiger charge is -2.28. The molecule has 114 valence electrons. The Kier molecular flexibility index (Phi) is 4.51. The molecule has 0 spiro atoms. The normalized spacial score (nSPS) is 18.8. The highest BCUT2D eigenvalue weighted by molar-refractivity contribution is 5.45. The summed E-state index contributed by atoms with van der Waals surface area (Å²) in [5.41, 5.74) is 1.99. The van der Waals surface area contributed by atoms with Gasteiger partial charge in [0.25, 0.3) is 0 Å². The van der Waals surface area contributed by atoms with Gasteiger partial charge in [-0.1, -0.05) is 6.08 Å². The van der Waals surface area contributed by atoms with E-state index in [-0.39, 0.29) is 5.82 Å². The van der Waals surface area contributed by atoms with Crippen molar-refractivity contribution in [3.8, 4) is 0 Å². The summed E-state index contributed by atoms with van der Waals surface area (Å²) >= 11 is 0. The fourth-order valence-corrected chi connectivity index (χ4v) is 2.59. The summed E-state index contributed by atoms with van der Waals surface area (Å²) in [6, 6.07) is 2.35. The first-order valence-electron chi connectivity index (χ1n) is 7.56. The number of anilines is 1. The maximum Gasteiger partial charge on any atom is 0.170 e. The van der Waals surface area contributed by atoms with Crippen LogP contribution in [-0.4, -0.2) is 37.8 Å². The number of methoxy groups -OCH3 is 1. The Balaban J connectivity index is 1.68. The summed E-state index contributed by atoms with van der Waals surface area (Å²) in [5.74, 6) is 0.284. The summed E-state index contributed by atoms with van der Waals surface area (Å²) in [7, 11) is 1.70. The molecule has 21 heavy (non-hydrogen) atoms. The van der Waals surface area contributed by atoms with Gasteiger partial charge in [0, 0.05) is 44.5 Å². The van der Waals surface area contributed by atoms with Crippen molar-refractivity contribution in [2.45, 2.75) is 31.8 Å². The SMILES string of the molecule is COCC1=CCN(c2nccc(CNC3CC3)c2F)CC1. The maximum absolute atomic E-state index is 14.6. The highest BCUT2D eigenvalue weighted by atomic mass is 19.1. The van der Waals surface area contributed by atoms with E-state index in [1.54, 1.807) is 19.4 Å². The second-order valence-electron chi connectivity index (χ2n) is 5.75. The summed E-state index contributed by atoms with van der Waals surface area (Å²) in [6.45, 7) is 2.74. The third-order valence-electron chi connectivity index (χ3n) is 4.04. The van der Waals surface area contributed by atoms with Crippen LogP contribution in [0.3, 0.4) is 0 Å². The molecular formula is C16H22FN3O. The van der Waals surface area contributed by atoms with E-state index < -0.39 is 0 Å². The van der Waals surface area contributed by atoms with Gasteiger partial charge in [0.1, 0.15) is 0 Å². The second kappa shape index (κ2) is 6.54. The monoisotopic (exact) mass is 291 g/mol. The molecule has 0 radical (unpaired) electrons. The van der Waals surface area contributed by atoms with Crippen LogP contribution >= 0.6 is 0 Å². The third-order valence-corrected chi connectivity index (χ3v) is 4.04. The number of pyridine rings is 1. The fourth-order valence-electron chi connectivity index (χ4n) is 2.59. The zero-order valence-electron chi connectivity index (χ0n) is 12.4. The third kappa shape index (κ3) is 3.60. The largest absolute Gasteiger partial charge is 0.380 e. The molecule has 0 saturated heterocycles. The molecule has 5 heteroatoms. The van der Waals surface area contributed by atoms with Gasteiger partial charge in [-0.25, -0.2) is 9.37 Å². The molecule has 1 aromatic rings. The summed E-state index contributed by atoms with van der Waals surface area (Å²) in [4.78, 5) is 6.23. The van der Waals surface area contributed by atoms with Crippen LogP contribution in [0.25, 0.3) is 0 Å². The van der Waals surface area contributed by atoms with Crippen LogP contribution in [0.2, 0.25) is 0 Å². The highest BCUT2D eigenvalue weighted by Gasteiger charge is 2.22. The highest BCUT2D eigenvalue weighted by Crippen LogP contribution is 2.24. The number of aromatic nitrogens is 1. The van der Waals surface area contributed by atoms with E-state index >= 15 is 0 Å². The Bertz CT molecular complexity index is 528. The van der Waals surface area contributed by atoms with Crippen LogP contribution < -0.4 is 10.2 Å². The summed E-state index contributed by atoms with van der Waals surface area (Å²) < 4.78 is 19.7. The van der Waals surface area contributed by atoms with Gasteiger partial charge in [0.05, 0.1) is 6.61 Å². The van der Waals surface area contributed by atoms with E-state index in [0.29, 0.717) is 37.1 Å². The van der Waals surface area contributed by atoms with Gasteiger partial charge in [0.15, 0.2) is 11.6 Å². The van der Waals surface area contributed by atoms with Crippen molar-refractivity contribution >= 4 is 5.82 Å². The lowest BCUT2D eigenvalue weighted by atomic mass is 10.1. The molecule has 1 aromatic heterocycles. The van der Waals surface area contributed by atoms with E-state index in [9.17, 15) is 4.39 Å². The van der Waals surface area contributed by atoms with Crippen molar-refractivity contribution in [2.24, 2.45) is 0 Å². The number of nitrogens with zero attached hydrogens (tertiary/aromatic N) is 2. The Hall–Kier alpha value is -1.46. The Morgan fingerprint density at radius 2 is 2.33 bits per heavy atom. The van der Waals surface area contributed by atoms with Crippen LogP contribution in [0.1, 0.15) is 24.8 Å². The summed E-state index contributed by atoms with van der Waals surface area (Å²) in [6.07, 6.45) is 7.14. The Morgan fingerprint density at radius 1 is 1.48 bits per heavy atom. The van der Waals surface area contributed by atoms with Crippen LogP contribution in [0.15, 0.2) is 23.9 Å². The van der Waals surface area contributed by atoms with Crippen molar-refractivity contribution in [1.82, 2.24) is 10.3 Å². The van der Waals surface area contributed by atoms with E-state index in [1.807, 2.05) is 4.90 Å². The number of hydrogen-bond acceptors (Lipinski definition) is 4. The van der Waals surface area contributed by atoms with Crippen molar-refractivity contribution in [2.75, 3.05) is 31.7 Å². The second-order valence-corrected chi connectivity index (χ2v) is 5.75. The Morgan fingerprint density at radius 3 is 3.00 bits per heavy atom. The van der Waals surface area contributed by atoms with Crippen molar-refractivity contribution < 1.29 is 9.13 Å². The smallest absolute Gasteiger partial charge is 0.170 e. The molecule has 0 aromatic carbocycles. The molecule has 0 atom stereocenters. The number of halogens is 1. The molecule has 3 rings (SSSR count). The van der Waals surface area contributed by atoms with Gasteiger partial charge in [-0.15, -0.1) is 0 Å². The van der Waals surface area contributed by atoms with Crippen molar-refractivity contribution in [3.63, 3.8) is 0 Å². The maximum atomic E-state index is 14.6. The zero-order chi connectivity index (χ0) is 14.7. The van der Waals surface area contributed by atoms with Gasteiger partial charge in [0.2, 0.25) is 0 Å². The Labute approximate surface area is 125 Å². The molecule has 2 heterocycles. The molecule has 0 amide bonds. The number of hydrogen-bond donors (Lipinski definition) is 1. The molecule has 1 aliphatic carbocycles. The minimum atomic E-state index is -0.186. The van der Waals surface area contributed by atoms with Gasteiger partial charge in [-0.2, -0.15) is 0 Å². The molecule has 1 aliphatic heterocycles. The predicted molar refractivity (Wildman–Crippen MR) is 80.8 cm³/mol. The van der Waals surface area contributed by atoms with E-state index in [4.69, 9.17) is 4.74 Å². The van der Waals surface area contributed by atoms with Crippen LogP contribution in [0.4, 0.5) is 10.2 Å². The number of nitrogens with one attached hydrogen (secondary N) is 1. The molecular weight excluding hydrogens is 269 g/mol. The fraction of sp³-hybridized carbons (Fsp3) is 0.562. The molecule has 0 unspecified atom stereocenters. The first-order chi connectivity index (χ1) is 10.3. The minimum Gasteiger partial charge on any atom is -0.380 e. The molecule has 2 aliphatic rings. The van der Waals surface area contributed by atoms with Crippen molar-refractivity contribution in [3.05, 3.63) is 35.3 Å². The first kappa shape index (κ1) is 14.5. The molecule has 0 bridgehead atoms. The van der Waals surface area contributed by atoms with Gasteiger partial charge >= 0.3 is 0 Å². The predicted octanol–water partition coefficient (Wildman–Crippen LogP) is 2.26. The molecule has 1 N–H and O–H groups in total. The first-order valence-corrected chi connectivity index (χ1v) is 7.56. The van der Waals surface area contributed by atoms with Gasteiger partial charge < -0.3 is 15.0 Å². The van der Waals surface area contributed by atoms with Gasteiger partial charge in [-0.3, -0.25) is 0 Å². The van der Waals surface area contributed by atoms with E-state index in [0.717, 1.165) is 13.0 Å². The standard InChI is InChI=1S/C16H22FN3O/c1-21-11-12-5-8-20(9-6-12)16-15(17)13(4-7-18-16)10-19-14-2-3-14/h4-5,7,14,19H,2-3,6,8-11H2,1H3. The quantitative estimate of drug-likeness (QED) is 0.816. The molecule has 1 fully saturated rings. The van der Waals surface area contributed by atoms with Crippen LogP contribution in [0.5, 0.6) is 0 Å². The summed E-state index contributed by atoms with van der Waals surface area (Å²) in [5, 5.41) is 3.35.